The second-order valence-electron chi connectivity index (χ2n) is 4.38. The Hall–Kier alpha value is -0.600. The third-order valence-electron chi connectivity index (χ3n) is 2.70. The fourth-order valence-corrected chi connectivity index (χ4v) is 1.39. The van der Waals surface area contributed by atoms with E-state index >= 15 is 0 Å². The Morgan fingerprint density at radius 3 is 2.60 bits per heavy atom. The monoisotopic (exact) mass is 229 g/mol. The summed E-state index contributed by atoms with van der Waals surface area (Å²) in [5, 5.41) is 3.40. The van der Waals surface area contributed by atoms with Crippen LogP contribution in [0.5, 0.6) is 0 Å². The van der Waals surface area contributed by atoms with Crippen LogP contribution in [0.25, 0.3) is 0 Å². The predicted octanol–water partition coefficient (Wildman–Crippen LogP) is 3.41. The molecule has 1 nitrogen and oxygen atoms in total. The fourth-order valence-electron chi connectivity index (χ4n) is 1.28. The molecule has 0 aliphatic rings. The van der Waals surface area contributed by atoms with E-state index in [1.54, 1.807) is 6.07 Å². The molecule has 0 spiro atoms. The number of nitrogens with one attached hydrogen (secondary N) is 1. The van der Waals surface area contributed by atoms with Crippen molar-refractivity contribution in [2.75, 3.05) is 7.05 Å². The van der Waals surface area contributed by atoms with Crippen LogP contribution in [0.2, 0.25) is 5.02 Å². The summed E-state index contributed by atoms with van der Waals surface area (Å²) in [6.07, 6.45) is 1.81. The van der Waals surface area contributed by atoms with Gasteiger partial charge in [-0.05, 0) is 51.4 Å². The van der Waals surface area contributed by atoms with E-state index in [0.29, 0.717) is 0 Å². The average molecular weight is 230 g/mol. The van der Waals surface area contributed by atoms with Crippen molar-refractivity contribution in [3.05, 3.63) is 34.6 Å². The van der Waals surface area contributed by atoms with Crippen LogP contribution >= 0.6 is 11.6 Å². The normalized spacial score (nSPS) is 11.8. The predicted molar refractivity (Wildman–Crippen MR) is 62.9 cm³/mol. The largest absolute Gasteiger partial charge is 0.315 e. The van der Waals surface area contributed by atoms with Crippen molar-refractivity contribution in [1.29, 1.82) is 0 Å². The molecule has 0 atom stereocenters. The Morgan fingerprint density at radius 1 is 1.40 bits per heavy atom. The molecule has 15 heavy (non-hydrogen) atoms. The van der Waals surface area contributed by atoms with Gasteiger partial charge in [-0.25, -0.2) is 4.39 Å². The van der Waals surface area contributed by atoms with Gasteiger partial charge >= 0.3 is 0 Å². The second-order valence-corrected chi connectivity index (χ2v) is 4.79. The van der Waals surface area contributed by atoms with Gasteiger partial charge in [-0.1, -0.05) is 17.7 Å². The molecule has 0 aliphatic carbocycles. The number of hydrogen-bond acceptors (Lipinski definition) is 1. The van der Waals surface area contributed by atoms with E-state index in [9.17, 15) is 4.39 Å². The Bertz CT molecular complexity index is 336. The molecule has 0 unspecified atom stereocenters. The van der Waals surface area contributed by atoms with Gasteiger partial charge in [0.05, 0.1) is 5.02 Å². The summed E-state index contributed by atoms with van der Waals surface area (Å²) in [4.78, 5) is 0. The van der Waals surface area contributed by atoms with Crippen LogP contribution < -0.4 is 5.32 Å². The SMILES string of the molecule is CNC(C)(C)CCc1ccc(Cl)c(F)c1. The van der Waals surface area contributed by atoms with Crippen molar-refractivity contribution in [3.63, 3.8) is 0 Å². The summed E-state index contributed by atoms with van der Waals surface area (Å²) in [7, 11) is 1.93. The average Bonchev–Trinajstić information content (AvgIpc) is 2.20. The summed E-state index contributed by atoms with van der Waals surface area (Å²) in [6, 6.07) is 4.99. The number of hydrogen-bond donors (Lipinski definition) is 1. The number of benzene rings is 1. The van der Waals surface area contributed by atoms with Crippen LogP contribution in [0.3, 0.4) is 0 Å². The summed E-state index contributed by atoms with van der Waals surface area (Å²) in [5.74, 6) is -0.337. The molecule has 1 aromatic carbocycles. The highest BCUT2D eigenvalue weighted by Gasteiger charge is 2.14. The lowest BCUT2D eigenvalue weighted by Gasteiger charge is -2.23. The van der Waals surface area contributed by atoms with Crippen LogP contribution in [0.15, 0.2) is 18.2 Å². The van der Waals surface area contributed by atoms with Gasteiger partial charge in [-0.15, -0.1) is 0 Å². The van der Waals surface area contributed by atoms with Crippen molar-refractivity contribution in [2.45, 2.75) is 32.2 Å². The van der Waals surface area contributed by atoms with Gasteiger partial charge < -0.3 is 5.32 Å². The Labute approximate surface area is 95.6 Å². The van der Waals surface area contributed by atoms with E-state index in [1.165, 1.54) is 6.07 Å². The van der Waals surface area contributed by atoms with Gasteiger partial charge in [0.2, 0.25) is 0 Å². The van der Waals surface area contributed by atoms with Gasteiger partial charge in [0, 0.05) is 5.54 Å². The number of halogens is 2. The van der Waals surface area contributed by atoms with E-state index in [-0.39, 0.29) is 16.4 Å². The molecule has 1 rings (SSSR count). The minimum absolute atomic E-state index is 0.0795. The number of aryl methyl sites for hydroxylation is 1. The molecule has 0 aromatic heterocycles. The van der Waals surface area contributed by atoms with E-state index in [2.05, 4.69) is 19.2 Å². The second kappa shape index (κ2) is 4.95. The third-order valence-corrected chi connectivity index (χ3v) is 3.01. The first-order valence-electron chi connectivity index (χ1n) is 5.07. The maximum absolute atomic E-state index is 13.1. The highest BCUT2D eigenvalue weighted by molar-refractivity contribution is 6.30. The van der Waals surface area contributed by atoms with Crippen molar-refractivity contribution >= 4 is 11.6 Å². The minimum atomic E-state index is -0.337. The van der Waals surface area contributed by atoms with Crippen LogP contribution in [-0.4, -0.2) is 12.6 Å². The Morgan fingerprint density at radius 2 is 2.07 bits per heavy atom. The minimum Gasteiger partial charge on any atom is -0.315 e. The highest BCUT2D eigenvalue weighted by Crippen LogP contribution is 2.18. The number of rotatable bonds is 4. The van der Waals surface area contributed by atoms with Gasteiger partial charge in [-0.2, -0.15) is 0 Å². The molecule has 84 valence electrons. The molecule has 0 heterocycles. The lowest BCUT2D eigenvalue weighted by Crippen LogP contribution is -2.36. The van der Waals surface area contributed by atoms with Crippen molar-refractivity contribution in [1.82, 2.24) is 5.32 Å². The topological polar surface area (TPSA) is 12.0 Å². The van der Waals surface area contributed by atoms with Gasteiger partial charge in [0.15, 0.2) is 0 Å². The maximum atomic E-state index is 13.1. The lowest BCUT2D eigenvalue weighted by molar-refractivity contribution is 0.393. The molecule has 3 heteroatoms. The summed E-state index contributed by atoms with van der Waals surface area (Å²) < 4.78 is 13.1. The summed E-state index contributed by atoms with van der Waals surface area (Å²) in [6.45, 7) is 4.25. The van der Waals surface area contributed by atoms with E-state index in [0.717, 1.165) is 18.4 Å². The Kier molecular flexibility index (Phi) is 4.12. The maximum Gasteiger partial charge on any atom is 0.142 e. The van der Waals surface area contributed by atoms with E-state index in [4.69, 9.17) is 11.6 Å². The smallest absolute Gasteiger partial charge is 0.142 e. The quantitative estimate of drug-likeness (QED) is 0.835. The van der Waals surface area contributed by atoms with Gasteiger partial charge in [0.1, 0.15) is 5.82 Å². The van der Waals surface area contributed by atoms with Crippen molar-refractivity contribution in [3.8, 4) is 0 Å². The lowest BCUT2D eigenvalue weighted by atomic mass is 9.95. The summed E-state index contributed by atoms with van der Waals surface area (Å²) >= 11 is 5.61. The molecule has 0 aliphatic heterocycles. The zero-order valence-corrected chi connectivity index (χ0v) is 10.2. The molecule has 1 aromatic rings. The zero-order valence-electron chi connectivity index (χ0n) is 9.40. The van der Waals surface area contributed by atoms with Crippen LogP contribution in [0, 0.1) is 5.82 Å². The van der Waals surface area contributed by atoms with Gasteiger partial charge in [0.25, 0.3) is 0 Å². The molecule has 0 saturated carbocycles. The van der Waals surface area contributed by atoms with Crippen LogP contribution in [0.4, 0.5) is 4.39 Å². The molecule has 0 fully saturated rings. The first kappa shape index (κ1) is 12.5. The summed E-state index contributed by atoms with van der Waals surface area (Å²) in [5.41, 5.74) is 1.07. The molecular formula is C12H17ClFN. The van der Waals surface area contributed by atoms with Crippen molar-refractivity contribution in [2.24, 2.45) is 0 Å². The zero-order chi connectivity index (χ0) is 11.5. The standard InChI is InChI=1S/C12H17ClFN/c1-12(2,15-3)7-6-9-4-5-10(13)11(14)8-9/h4-5,8,15H,6-7H2,1-3H3. The third kappa shape index (κ3) is 3.80. The van der Waals surface area contributed by atoms with E-state index < -0.39 is 0 Å². The molecule has 0 saturated heterocycles. The van der Waals surface area contributed by atoms with Crippen LogP contribution in [-0.2, 0) is 6.42 Å². The first-order valence-corrected chi connectivity index (χ1v) is 5.45. The van der Waals surface area contributed by atoms with Crippen molar-refractivity contribution < 1.29 is 4.39 Å². The van der Waals surface area contributed by atoms with Gasteiger partial charge in [-0.3, -0.25) is 0 Å². The Balaban J connectivity index is 2.62. The molecular weight excluding hydrogens is 213 g/mol. The van der Waals surface area contributed by atoms with Crippen LogP contribution in [0.1, 0.15) is 25.8 Å². The first-order chi connectivity index (χ1) is 6.94. The molecule has 0 amide bonds. The van der Waals surface area contributed by atoms with E-state index in [1.807, 2.05) is 13.1 Å². The molecule has 0 radical (unpaired) electrons. The molecule has 0 bridgehead atoms. The highest BCUT2D eigenvalue weighted by atomic mass is 35.5. The molecule has 1 N–H and O–H groups in total. The fraction of sp³-hybridized carbons (Fsp3) is 0.500.